The minimum absolute atomic E-state index is 0.103. The number of ether oxygens (including phenoxy) is 3. The van der Waals surface area contributed by atoms with Gasteiger partial charge in [-0.3, -0.25) is 4.21 Å². The molecule has 0 radical (unpaired) electrons. The molecule has 2 aliphatic rings. The van der Waals surface area contributed by atoms with Crippen LogP contribution in [-0.4, -0.2) is 62.1 Å². The van der Waals surface area contributed by atoms with Gasteiger partial charge in [-0.15, -0.1) is 0 Å². The van der Waals surface area contributed by atoms with E-state index < -0.39 is 65.2 Å². The summed E-state index contributed by atoms with van der Waals surface area (Å²) in [4.78, 5) is 22.8. The minimum atomic E-state index is -2.61. The number of hydrogen-bond donors (Lipinski definition) is 1. The van der Waals surface area contributed by atoms with Crippen molar-refractivity contribution in [3.63, 3.8) is 0 Å². The Balaban J connectivity index is 1.99. The van der Waals surface area contributed by atoms with Gasteiger partial charge in [0.1, 0.15) is 18.3 Å². The van der Waals surface area contributed by atoms with Crippen molar-refractivity contribution in [3.05, 3.63) is 12.2 Å². The molecule has 9 nitrogen and oxygen atoms in total. The van der Waals surface area contributed by atoms with Crippen molar-refractivity contribution < 1.29 is 37.7 Å². The van der Waals surface area contributed by atoms with Crippen LogP contribution in [0.5, 0.6) is 0 Å². The predicted octanol–water partition coefficient (Wildman–Crippen LogP) is -1.45. The van der Waals surface area contributed by atoms with Crippen molar-refractivity contribution in [1.29, 1.82) is 5.26 Å². The Labute approximate surface area is 134 Å². The van der Waals surface area contributed by atoms with Crippen LogP contribution in [0.2, 0.25) is 0 Å². The second-order valence-corrected chi connectivity index (χ2v) is 6.31. The number of aliphatic hydroxyl groups excluding tert-OH is 1. The number of carbonyl (C=O) groups excluding carboxylic acids is 2. The number of nitriles is 1. The van der Waals surface area contributed by atoms with Crippen molar-refractivity contribution in [3.8, 4) is 6.07 Å². The lowest BCUT2D eigenvalue weighted by Crippen LogP contribution is -2.52. The van der Waals surface area contributed by atoms with E-state index in [1.165, 1.54) is 6.92 Å². The summed E-state index contributed by atoms with van der Waals surface area (Å²) in [7, 11) is 0. The van der Waals surface area contributed by atoms with E-state index in [9.17, 15) is 23.5 Å². The largest absolute Gasteiger partial charge is 0.772 e. The molecule has 10 heteroatoms. The Hall–Kier alpha value is -1.80. The van der Waals surface area contributed by atoms with Crippen LogP contribution >= 0.6 is 0 Å². The van der Waals surface area contributed by atoms with Crippen molar-refractivity contribution >= 4 is 23.0 Å². The van der Waals surface area contributed by atoms with E-state index in [4.69, 9.17) is 14.7 Å². The average molecular weight is 344 g/mol. The fourth-order valence-electron chi connectivity index (χ4n) is 2.62. The lowest BCUT2D eigenvalue weighted by atomic mass is 9.85. The van der Waals surface area contributed by atoms with E-state index in [0.717, 1.165) is 0 Å². The molecule has 23 heavy (non-hydrogen) atoms. The third-order valence-corrected chi connectivity index (χ3v) is 4.66. The Morgan fingerprint density at radius 3 is 2.65 bits per heavy atom. The Bertz CT molecular complexity index is 599. The number of rotatable bonds is 5. The fraction of sp³-hybridized carbons (Fsp3) is 0.615. The summed E-state index contributed by atoms with van der Waals surface area (Å²) < 4.78 is 37.2. The highest BCUT2D eigenvalue weighted by atomic mass is 32.2. The first-order chi connectivity index (χ1) is 10.8. The van der Waals surface area contributed by atoms with Crippen LogP contribution in [0.1, 0.15) is 6.92 Å². The summed E-state index contributed by atoms with van der Waals surface area (Å²) in [6, 6.07) is 1.80. The number of hydrogen-bond acceptors (Lipinski definition) is 9. The van der Waals surface area contributed by atoms with Gasteiger partial charge in [0.25, 0.3) is 0 Å². The second kappa shape index (κ2) is 6.76. The molecular formula is C13H14NO8S-. The van der Waals surface area contributed by atoms with Gasteiger partial charge in [-0.1, -0.05) is 6.58 Å². The number of esters is 2. The third kappa shape index (κ3) is 3.28. The maximum atomic E-state index is 11.7. The first-order valence-electron chi connectivity index (χ1n) is 6.61. The summed E-state index contributed by atoms with van der Waals surface area (Å²) >= 11 is -2.61. The van der Waals surface area contributed by atoms with Gasteiger partial charge in [0.05, 0.1) is 17.2 Å². The first-order valence-corrected chi connectivity index (χ1v) is 7.75. The second-order valence-electron chi connectivity index (χ2n) is 5.25. The van der Waals surface area contributed by atoms with Gasteiger partial charge in [0.15, 0.2) is 12.7 Å². The van der Waals surface area contributed by atoms with Gasteiger partial charge < -0.3 is 23.9 Å². The molecule has 2 fully saturated rings. The van der Waals surface area contributed by atoms with Crippen molar-refractivity contribution in [2.45, 2.75) is 36.6 Å². The molecular weight excluding hydrogens is 330 g/mol. The Kier molecular flexibility index (Phi) is 5.16. The summed E-state index contributed by atoms with van der Waals surface area (Å²) in [5.41, 5.74) is 0.103. The van der Waals surface area contributed by atoms with Gasteiger partial charge in [-0.25, -0.2) is 9.59 Å². The monoisotopic (exact) mass is 344 g/mol. The minimum Gasteiger partial charge on any atom is -0.772 e. The van der Waals surface area contributed by atoms with E-state index in [0.29, 0.717) is 0 Å². The van der Waals surface area contributed by atoms with Crippen molar-refractivity contribution in [2.75, 3.05) is 6.61 Å². The van der Waals surface area contributed by atoms with E-state index in [1.54, 1.807) is 6.07 Å². The molecule has 7 unspecified atom stereocenters. The van der Waals surface area contributed by atoms with E-state index >= 15 is 0 Å². The van der Waals surface area contributed by atoms with Gasteiger partial charge >= 0.3 is 11.9 Å². The molecule has 2 heterocycles. The van der Waals surface area contributed by atoms with Gasteiger partial charge in [0, 0.05) is 5.57 Å². The number of nitrogens with zero attached hydrogens (tertiary/aromatic N) is 1. The SMILES string of the molecule is C=C(C)C(=O)OCC(=O)OC1C(O)C2OC1C(C#N)C2S(=O)[O-]. The molecule has 7 atom stereocenters. The number of aliphatic hydroxyl groups is 1. The highest BCUT2D eigenvalue weighted by Gasteiger charge is 2.62. The highest BCUT2D eigenvalue weighted by molar-refractivity contribution is 7.79. The molecule has 0 aromatic carbocycles. The molecule has 0 saturated carbocycles. The summed E-state index contributed by atoms with van der Waals surface area (Å²) in [5.74, 6) is -2.78. The molecule has 126 valence electrons. The highest BCUT2D eigenvalue weighted by Crippen LogP contribution is 2.42. The Morgan fingerprint density at radius 2 is 2.13 bits per heavy atom. The quantitative estimate of drug-likeness (QED) is 0.359. The molecule has 0 spiro atoms. The smallest absolute Gasteiger partial charge is 0.344 e. The van der Waals surface area contributed by atoms with Gasteiger partial charge in [-0.05, 0) is 18.0 Å². The lowest BCUT2D eigenvalue weighted by Gasteiger charge is -2.32. The fourth-order valence-corrected chi connectivity index (χ4v) is 3.52. The van der Waals surface area contributed by atoms with Crippen LogP contribution in [0.25, 0.3) is 0 Å². The van der Waals surface area contributed by atoms with E-state index in [-0.39, 0.29) is 5.57 Å². The maximum Gasteiger partial charge on any atom is 0.344 e. The maximum absolute atomic E-state index is 11.7. The zero-order chi connectivity index (χ0) is 17.3. The normalized spacial score (nSPS) is 36.1. The molecule has 2 rings (SSSR count). The van der Waals surface area contributed by atoms with Crippen molar-refractivity contribution in [1.82, 2.24) is 0 Å². The summed E-state index contributed by atoms with van der Waals surface area (Å²) in [5, 5.41) is 17.9. The predicted molar refractivity (Wildman–Crippen MR) is 72.1 cm³/mol. The van der Waals surface area contributed by atoms with Gasteiger partial charge in [-0.2, -0.15) is 5.26 Å². The first kappa shape index (κ1) is 17.6. The molecule has 1 N–H and O–H groups in total. The molecule has 0 aromatic heterocycles. The zero-order valence-electron chi connectivity index (χ0n) is 12.0. The zero-order valence-corrected chi connectivity index (χ0v) is 12.9. The molecule has 2 saturated heterocycles. The number of fused-ring (bicyclic) bond motifs is 2. The average Bonchev–Trinajstić information content (AvgIpc) is 3.01. The van der Waals surface area contributed by atoms with Crippen LogP contribution in [0.3, 0.4) is 0 Å². The standard InChI is InChI=1S/C13H15NO8S/c1-5(2)13(17)20-4-7(15)21-10-8(16)11-12(23(18)19)6(3-14)9(10)22-11/h6,8-12,16H,1,4H2,2H3,(H,18,19)/p-1. The van der Waals surface area contributed by atoms with Crippen molar-refractivity contribution in [2.24, 2.45) is 5.92 Å². The van der Waals surface area contributed by atoms with Crippen LogP contribution in [-0.2, 0) is 34.9 Å². The molecule has 2 bridgehead atoms. The van der Waals surface area contributed by atoms with E-state index in [2.05, 4.69) is 11.3 Å². The molecule has 0 aliphatic carbocycles. The molecule has 2 aliphatic heterocycles. The summed E-state index contributed by atoms with van der Waals surface area (Å²) in [6.45, 7) is 4.05. The molecule has 0 aromatic rings. The molecule has 0 amide bonds. The van der Waals surface area contributed by atoms with E-state index in [1.807, 2.05) is 0 Å². The van der Waals surface area contributed by atoms with Crippen LogP contribution in [0, 0.1) is 17.2 Å². The van der Waals surface area contributed by atoms with Crippen LogP contribution < -0.4 is 0 Å². The topological polar surface area (TPSA) is 146 Å². The van der Waals surface area contributed by atoms with Crippen LogP contribution in [0.4, 0.5) is 0 Å². The van der Waals surface area contributed by atoms with Gasteiger partial charge in [0.2, 0.25) is 0 Å². The third-order valence-electron chi connectivity index (χ3n) is 3.65. The summed E-state index contributed by atoms with van der Waals surface area (Å²) in [6.07, 6.45) is -4.77. The Morgan fingerprint density at radius 1 is 1.48 bits per heavy atom. The lowest BCUT2D eigenvalue weighted by molar-refractivity contribution is -0.166. The number of carbonyl (C=O) groups is 2. The van der Waals surface area contributed by atoms with Crippen LogP contribution in [0.15, 0.2) is 12.2 Å².